The van der Waals surface area contributed by atoms with Crippen molar-refractivity contribution in [3.63, 3.8) is 0 Å². The smallest absolute Gasteiger partial charge is 0.350 e. The molecule has 0 saturated carbocycles. The van der Waals surface area contributed by atoms with Crippen LogP contribution in [0.2, 0.25) is 0 Å². The van der Waals surface area contributed by atoms with E-state index < -0.39 is 0 Å². The number of para-hydroxylation sites is 3. The van der Waals surface area contributed by atoms with Gasteiger partial charge >= 0.3 is 17.1 Å². The number of rotatable bonds is 9. The van der Waals surface area contributed by atoms with Gasteiger partial charge in [0.05, 0.1) is 91.3 Å². The van der Waals surface area contributed by atoms with Gasteiger partial charge in [-0.1, -0.05) is 74.3 Å². The molecule has 0 N–H and O–H groups in total. The molecule has 0 unspecified atom stereocenters. The highest BCUT2D eigenvalue weighted by atomic mass is 32.2. The number of aryl methyl sites for hydroxylation is 6. The number of hydrogen-bond acceptors (Lipinski definition) is 21. The summed E-state index contributed by atoms with van der Waals surface area (Å²) < 4.78 is 28.5. The van der Waals surface area contributed by atoms with Gasteiger partial charge in [0.25, 0.3) is 0 Å². The Morgan fingerprint density at radius 1 is 0.438 bits per heavy atom. The molecule has 121 heavy (non-hydrogen) atoms. The van der Waals surface area contributed by atoms with Crippen molar-refractivity contribution >= 4 is 136 Å². The van der Waals surface area contributed by atoms with E-state index in [1.165, 1.54) is 18.2 Å². The van der Waals surface area contributed by atoms with E-state index >= 15 is 0 Å². The molecule has 6 fully saturated rings. The predicted octanol–water partition coefficient (Wildman–Crippen LogP) is 11.2. The molecule has 0 bridgehead atoms. The van der Waals surface area contributed by atoms with Gasteiger partial charge < -0.3 is 43.6 Å². The lowest BCUT2D eigenvalue weighted by atomic mass is 9.88. The van der Waals surface area contributed by atoms with Crippen LogP contribution in [0.15, 0.2) is 158 Å². The minimum absolute atomic E-state index is 0.0168. The first-order valence-electron chi connectivity index (χ1n) is 41.5. The molecule has 15 heterocycles. The van der Waals surface area contributed by atoms with E-state index in [4.69, 9.17) is 24.2 Å². The molecule has 30 heteroatoms. The molecule has 624 valence electrons. The van der Waals surface area contributed by atoms with E-state index in [-0.39, 0.29) is 75.2 Å². The predicted molar refractivity (Wildman–Crippen MR) is 479 cm³/mol. The highest BCUT2D eigenvalue weighted by Crippen LogP contribution is 2.54. The maximum Gasteiger partial charge on any atom is 0.350 e. The molecule has 9 aliphatic heterocycles. The molecule has 4 atom stereocenters. The number of aromatic nitrogens is 12. The van der Waals surface area contributed by atoms with Gasteiger partial charge in [0.1, 0.15) is 17.5 Å². The summed E-state index contributed by atoms with van der Waals surface area (Å²) in [5.41, 5.74) is 15.3. The third-order valence-electron chi connectivity index (χ3n) is 26.2. The zero-order chi connectivity index (χ0) is 84.1. The topological polar surface area (TPSA) is 256 Å². The Labute approximate surface area is 711 Å². The molecule has 21 rings (SSSR count). The fourth-order valence-corrected chi connectivity index (χ4v) is 24.5. The standard InChI is InChI=1S/2C31H34N6O3S.C29H30N6O3S/c1-6-24(38)35-12-20(4)36(13-19(35)3)29-23-10-18(2)25(22-9-7-8-21-11-32-34(5)26(21)22)28-27(23)37(30(39)33-29)14-31(17-41-28)15-40-16-31;1-6-24(38)37-19(3)12-35(13-20(37)4)29-23-10-18(2)25(22-9-7-8-21-11-32-34(5)26(21)22)28-27(23)36(30(39)33-29)14-31(17-41-28)15-40-16-31;1-4-22(36)33-8-10-34(11-9-33)27-21-12-18(2)23(20-7-5-6-19-13-30-32(3)24(19)20)26-25(21)35(28(37)31-27)14-29(17-39-26)15-38-16-29/h2*6-11,19-20H,1,12-17H2,2-5H3;4-7,12-13H,1,8-11,14-17H2,2-3H3/t2*19-,20+;/m1../s1. The molecule has 6 saturated heterocycles. The highest BCUT2D eigenvalue weighted by Gasteiger charge is 2.47. The van der Waals surface area contributed by atoms with E-state index in [2.05, 4.69) is 155 Å². The lowest BCUT2D eigenvalue weighted by molar-refractivity contribution is -0.131. The first-order valence-corrected chi connectivity index (χ1v) is 44.4. The summed E-state index contributed by atoms with van der Waals surface area (Å²) in [6.45, 7) is 35.9. The Morgan fingerprint density at radius 3 is 1.17 bits per heavy atom. The number of nitrogens with zero attached hydrogens (tertiary/aromatic N) is 18. The normalized spacial score (nSPS) is 20.7. The van der Waals surface area contributed by atoms with Crippen LogP contribution in [-0.2, 0) is 69.4 Å². The fourth-order valence-electron chi connectivity index (χ4n) is 20.1. The number of carbonyl (C=O) groups excluding carboxylic acids is 3. The van der Waals surface area contributed by atoms with Gasteiger partial charge in [-0.25, -0.2) is 14.4 Å². The Balaban J connectivity index is 0.000000120. The number of benzene rings is 6. The minimum Gasteiger partial charge on any atom is -0.380 e. The van der Waals surface area contributed by atoms with Crippen molar-refractivity contribution in [3.8, 4) is 33.4 Å². The second kappa shape index (κ2) is 30.6. The van der Waals surface area contributed by atoms with Crippen molar-refractivity contribution in [3.05, 3.63) is 177 Å². The van der Waals surface area contributed by atoms with Crippen LogP contribution in [0.25, 0.3) is 98.8 Å². The van der Waals surface area contributed by atoms with Crippen LogP contribution < -0.4 is 31.8 Å². The van der Waals surface area contributed by atoms with E-state index in [0.717, 1.165) is 147 Å². The molecule has 9 aliphatic rings. The number of hydrogen-bond donors (Lipinski definition) is 0. The monoisotopic (exact) mass is 1680 g/mol. The third kappa shape index (κ3) is 13.3. The summed E-state index contributed by atoms with van der Waals surface area (Å²) in [5, 5.41) is 19.8. The van der Waals surface area contributed by atoms with Crippen LogP contribution in [-0.4, -0.2) is 224 Å². The molecule has 27 nitrogen and oxygen atoms in total. The van der Waals surface area contributed by atoms with Crippen molar-refractivity contribution in [2.75, 3.05) is 124 Å². The van der Waals surface area contributed by atoms with Gasteiger partial charge in [-0.05, 0) is 102 Å². The van der Waals surface area contributed by atoms with Crippen LogP contribution in [0, 0.1) is 37.0 Å². The summed E-state index contributed by atoms with van der Waals surface area (Å²) in [6, 6.07) is 25.4. The van der Waals surface area contributed by atoms with E-state index in [9.17, 15) is 28.8 Å². The molecule has 3 amide bonds. The molecule has 6 aromatic heterocycles. The molecular formula is C91H98N18O9S3. The number of ether oxygens (including phenoxy) is 3. The quantitative estimate of drug-likeness (QED) is 0.122. The van der Waals surface area contributed by atoms with Crippen LogP contribution in [0.1, 0.15) is 44.4 Å². The lowest BCUT2D eigenvalue weighted by Gasteiger charge is -2.44. The van der Waals surface area contributed by atoms with Crippen LogP contribution >= 0.6 is 35.3 Å². The third-order valence-corrected chi connectivity index (χ3v) is 30.5. The van der Waals surface area contributed by atoms with E-state index in [0.29, 0.717) is 129 Å². The Morgan fingerprint density at radius 2 is 0.802 bits per heavy atom. The second-order valence-electron chi connectivity index (χ2n) is 34.8. The summed E-state index contributed by atoms with van der Waals surface area (Å²) in [7, 11) is 5.93. The maximum atomic E-state index is 13.9. The average molecular weight is 1680 g/mol. The highest BCUT2D eigenvalue weighted by molar-refractivity contribution is 8.00. The summed E-state index contributed by atoms with van der Waals surface area (Å²) >= 11 is 5.49. The Hall–Kier alpha value is -10.9. The van der Waals surface area contributed by atoms with Crippen LogP contribution in [0.5, 0.6) is 0 Å². The summed E-state index contributed by atoms with van der Waals surface area (Å²) in [5.74, 6) is 4.50. The van der Waals surface area contributed by atoms with Gasteiger partial charge in [-0.3, -0.25) is 42.1 Å². The SMILES string of the molecule is C=CC(=O)N1CCN(c2nc(=O)n3c4c(c(-c5cccc6cnn(C)c56)c(C)cc24)SCC2(COC2)C3)CC1.C=CC(=O)N1C[C@H](C)N(c2nc(=O)n3c4c(c(-c5cccc6cnn(C)c56)c(C)cc24)SCC2(COC2)C3)C[C@H]1C.C=CC(=O)N1[C@H](C)CN(c2nc(=O)n3c4c(c(-c5cccc6cnn(C)c56)c(C)cc24)SCC2(COC2)C3)C[C@@H]1C. The number of fused-ring (bicyclic) bond motifs is 3. The minimum atomic E-state index is -0.236. The second-order valence-corrected chi connectivity index (χ2v) is 37.7. The fraction of sp³-hybridized carbons (Fsp3) is 0.407. The molecule has 3 spiro atoms. The van der Waals surface area contributed by atoms with Gasteiger partial charge in [-0.15, -0.1) is 35.3 Å². The zero-order valence-corrected chi connectivity index (χ0v) is 72.4. The number of amides is 3. The average Bonchev–Trinajstić information content (AvgIpc) is 1.69. The van der Waals surface area contributed by atoms with Crippen molar-refractivity contribution in [2.24, 2.45) is 37.4 Å². The summed E-state index contributed by atoms with van der Waals surface area (Å²) in [6.07, 6.45) is 9.81. The number of thioether (sulfide) groups is 3. The number of carbonyl (C=O) groups is 3. The number of anilines is 3. The largest absolute Gasteiger partial charge is 0.380 e. The first-order chi connectivity index (χ1) is 58.3. The molecule has 12 aromatic rings. The maximum absolute atomic E-state index is 13.9. The summed E-state index contributed by atoms with van der Waals surface area (Å²) in [4.78, 5) is 108. The van der Waals surface area contributed by atoms with Crippen molar-refractivity contribution in [1.29, 1.82) is 0 Å². The van der Waals surface area contributed by atoms with Gasteiger partial charge in [-0.2, -0.15) is 30.2 Å². The van der Waals surface area contributed by atoms with Gasteiger partial charge in [0.2, 0.25) is 17.7 Å². The van der Waals surface area contributed by atoms with Crippen LogP contribution in [0.4, 0.5) is 17.5 Å². The lowest BCUT2D eigenvalue weighted by Crippen LogP contribution is -2.58. The van der Waals surface area contributed by atoms with Crippen LogP contribution in [0.3, 0.4) is 0 Å². The van der Waals surface area contributed by atoms with E-state index in [1.54, 1.807) is 4.90 Å². The number of piperazine rings is 3. The Bertz CT molecular complexity index is 6570. The first kappa shape index (κ1) is 79.9. The van der Waals surface area contributed by atoms with Crippen molar-refractivity contribution < 1.29 is 28.6 Å². The Kier molecular flexibility index (Phi) is 20.2. The van der Waals surface area contributed by atoms with Crippen molar-refractivity contribution in [1.82, 2.24) is 72.7 Å². The van der Waals surface area contributed by atoms with Gasteiger partial charge in [0.15, 0.2) is 0 Å². The van der Waals surface area contributed by atoms with Gasteiger partial charge in [0, 0.05) is 231 Å². The molecule has 6 aromatic carbocycles. The molecular weight excluding hydrogens is 1590 g/mol. The zero-order valence-electron chi connectivity index (χ0n) is 69.9. The van der Waals surface area contributed by atoms with E-state index in [1.807, 2.05) is 133 Å². The van der Waals surface area contributed by atoms with Crippen molar-refractivity contribution in [2.45, 2.75) is 107 Å². The molecule has 0 aliphatic carbocycles. The molecule has 0 radical (unpaired) electrons.